The van der Waals surface area contributed by atoms with Gasteiger partial charge in [-0.2, -0.15) is 0 Å². The topological polar surface area (TPSA) is 56.9 Å². The van der Waals surface area contributed by atoms with Gasteiger partial charge in [-0.3, -0.25) is 0 Å². The molecule has 0 unspecified atom stereocenters. The van der Waals surface area contributed by atoms with Crippen LogP contribution in [-0.4, -0.2) is 48.7 Å². The van der Waals surface area contributed by atoms with E-state index in [2.05, 4.69) is 32.2 Å². The summed E-state index contributed by atoms with van der Waals surface area (Å²) in [7, 11) is 0. The third-order valence-corrected chi connectivity index (χ3v) is 4.46. The van der Waals surface area contributed by atoms with Crippen LogP contribution in [0.4, 0.5) is 10.1 Å². The second-order valence-corrected chi connectivity index (χ2v) is 6.23. The zero-order valence-corrected chi connectivity index (χ0v) is 15.4. The number of guanidine groups is 1. The lowest BCUT2D eigenvalue weighted by molar-refractivity contribution is 0.363. The minimum absolute atomic E-state index is 0.168. The summed E-state index contributed by atoms with van der Waals surface area (Å²) in [5, 5.41) is 7.33. The summed E-state index contributed by atoms with van der Waals surface area (Å²) >= 11 is 0. The van der Waals surface area contributed by atoms with E-state index >= 15 is 0 Å². The maximum atomic E-state index is 14.0. The molecule has 0 amide bonds. The largest absolute Gasteiger partial charge is 0.366 e. The van der Waals surface area contributed by atoms with Crippen molar-refractivity contribution in [1.82, 2.24) is 15.4 Å². The van der Waals surface area contributed by atoms with Crippen molar-refractivity contribution in [1.29, 1.82) is 0 Å². The quantitative estimate of drug-likeness (QED) is 0.657. The van der Waals surface area contributed by atoms with Gasteiger partial charge in [-0.25, -0.2) is 9.38 Å². The molecule has 1 aromatic carbocycles. The maximum absolute atomic E-state index is 14.0. The van der Waals surface area contributed by atoms with Gasteiger partial charge in [-0.15, -0.1) is 0 Å². The van der Waals surface area contributed by atoms with E-state index < -0.39 is 0 Å². The third kappa shape index (κ3) is 4.33. The first-order chi connectivity index (χ1) is 12.7. The molecule has 0 bridgehead atoms. The Hall–Kier alpha value is -2.57. The molecule has 7 heteroatoms. The van der Waals surface area contributed by atoms with Gasteiger partial charge in [0.2, 0.25) is 0 Å². The molecule has 1 aliphatic heterocycles. The number of rotatable bonds is 5. The second-order valence-electron chi connectivity index (χ2n) is 6.23. The van der Waals surface area contributed by atoms with Crippen LogP contribution in [0.2, 0.25) is 0 Å². The molecule has 0 aliphatic carbocycles. The number of aryl methyl sites for hydroxylation is 1. The van der Waals surface area contributed by atoms with Crippen molar-refractivity contribution in [2.75, 3.05) is 37.6 Å². The van der Waals surface area contributed by atoms with Crippen molar-refractivity contribution < 1.29 is 8.91 Å². The molecule has 3 rings (SSSR count). The highest BCUT2D eigenvalue weighted by molar-refractivity contribution is 5.80. The first-order valence-corrected chi connectivity index (χ1v) is 9.18. The van der Waals surface area contributed by atoms with Crippen molar-refractivity contribution >= 4 is 11.6 Å². The number of nitrogens with zero attached hydrogens (tertiary/aromatic N) is 4. The lowest BCUT2D eigenvalue weighted by Gasteiger charge is -2.37. The van der Waals surface area contributed by atoms with Gasteiger partial charge >= 0.3 is 0 Å². The Morgan fingerprint density at radius 3 is 2.65 bits per heavy atom. The smallest absolute Gasteiger partial charge is 0.194 e. The first kappa shape index (κ1) is 18.2. The van der Waals surface area contributed by atoms with Gasteiger partial charge in [0.05, 0.1) is 11.4 Å². The standard InChI is InChI=1S/C19H26FN5O/c1-3-15-13-16(26-23-15)14-22-19(21-4-2)25-11-9-24(10-12-25)18-8-6-5-7-17(18)20/h5-8,13H,3-4,9-12,14H2,1-2H3,(H,21,22). The lowest BCUT2D eigenvalue weighted by atomic mass is 10.2. The number of para-hydroxylation sites is 1. The van der Waals surface area contributed by atoms with E-state index in [9.17, 15) is 4.39 Å². The van der Waals surface area contributed by atoms with Crippen LogP contribution in [0.5, 0.6) is 0 Å². The zero-order valence-electron chi connectivity index (χ0n) is 15.4. The molecule has 1 saturated heterocycles. The fourth-order valence-corrected chi connectivity index (χ4v) is 3.04. The van der Waals surface area contributed by atoms with Gasteiger partial charge in [0, 0.05) is 38.8 Å². The van der Waals surface area contributed by atoms with Crippen LogP contribution in [0, 0.1) is 5.82 Å². The van der Waals surface area contributed by atoms with Crippen LogP contribution in [0.1, 0.15) is 25.3 Å². The number of aliphatic imine (C=N–C) groups is 1. The van der Waals surface area contributed by atoms with Gasteiger partial charge in [0.15, 0.2) is 11.7 Å². The number of piperazine rings is 1. The van der Waals surface area contributed by atoms with Crippen molar-refractivity contribution in [3.63, 3.8) is 0 Å². The highest BCUT2D eigenvalue weighted by atomic mass is 19.1. The summed E-state index contributed by atoms with van der Waals surface area (Å²) in [4.78, 5) is 8.96. The van der Waals surface area contributed by atoms with E-state index in [1.807, 2.05) is 25.1 Å². The number of nitrogens with one attached hydrogen (secondary N) is 1. The molecule has 1 N–H and O–H groups in total. The Bertz CT molecular complexity index is 737. The summed E-state index contributed by atoms with van der Waals surface area (Å²) in [5.41, 5.74) is 1.61. The fraction of sp³-hybridized carbons (Fsp3) is 0.474. The Morgan fingerprint density at radius 1 is 1.23 bits per heavy atom. The molecular weight excluding hydrogens is 333 g/mol. The van der Waals surface area contributed by atoms with Crippen LogP contribution >= 0.6 is 0 Å². The summed E-state index contributed by atoms with van der Waals surface area (Å²) in [6.07, 6.45) is 0.852. The van der Waals surface area contributed by atoms with Crippen LogP contribution < -0.4 is 10.2 Å². The van der Waals surface area contributed by atoms with Crippen molar-refractivity contribution in [3.8, 4) is 0 Å². The number of aromatic nitrogens is 1. The summed E-state index contributed by atoms with van der Waals surface area (Å²) in [5.74, 6) is 1.45. The van der Waals surface area contributed by atoms with Crippen molar-refractivity contribution in [2.45, 2.75) is 26.8 Å². The molecule has 0 saturated carbocycles. The third-order valence-electron chi connectivity index (χ3n) is 4.46. The van der Waals surface area contributed by atoms with E-state index in [4.69, 9.17) is 4.52 Å². The molecule has 6 nitrogen and oxygen atoms in total. The first-order valence-electron chi connectivity index (χ1n) is 9.18. The Morgan fingerprint density at radius 2 is 2.00 bits per heavy atom. The molecule has 2 heterocycles. The lowest BCUT2D eigenvalue weighted by Crippen LogP contribution is -2.52. The van der Waals surface area contributed by atoms with E-state index in [0.29, 0.717) is 12.2 Å². The predicted molar refractivity (Wildman–Crippen MR) is 101 cm³/mol. The number of hydrogen-bond acceptors (Lipinski definition) is 4. The Balaban J connectivity index is 1.62. The van der Waals surface area contributed by atoms with Gasteiger partial charge in [-0.05, 0) is 25.5 Å². The van der Waals surface area contributed by atoms with E-state index in [-0.39, 0.29) is 5.82 Å². The number of halogens is 1. The number of anilines is 1. The minimum Gasteiger partial charge on any atom is -0.366 e. The highest BCUT2D eigenvalue weighted by Crippen LogP contribution is 2.20. The molecule has 0 spiro atoms. The van der Waals surface area contributed by atoms with E-state index in [1.54, 1.807) is 6.07 Å². The van der Waals surface area contributed by atoms with Crippen molar-refractivity contribution in [2.24, 2.45) is 4.99 Å². The normalized spacial score (nSPS) is 15.4. The molecule has 1 aromatic heterocycles. The van der Waals surface area contributed by atoms with Gasteiger partial charge in [0.25, 0.3) is 0 Å². The molecular formula is C19H26FN5O. The molecule has 0 atom stereocenters. The van der Waals surface area contributed by atoms with Gasteiger partial charge in [-0.1, -0.05) is 24.2 Å². The molecule has 1 aliphatic rings. The molecule has 0 radical (unpaired) electrons. The van der Waals surface area contributed by atoms with E-state index in [0.717, 1.165) is 56.6 Å². The summed E-state index contributed by atoms with van der Waals surface area (Å²) in [6.45, 7) is 8.44. The summed E-state index contributed by atoms with van der Waals surface area (Å²) in [6, 6.07) is 8.88. The Labute approximate surface area is 153 Å². The summed E-state index contributed by atoms with van der Waals surface area (Å²) < 4.78 is 19.3. The fourth-order valence-electron chi connectivity index (χ4n) is 3.04. The van der Waals surface area contributed by atoms with Crippen molar-refractivity contribution in [3.05, 3.63) is 47.6 Å². The zero-order chi connectivity index (χ0) is 18.4. The van der Waals surface area contributed by atoms with Gasteiger partial charge < -0.3 is 19.6 Å². The molecule has 140 valence electrons. The van der Waals surface area contributed by atoms with Crippen LogP contribution in [0.15, 0.2) is 39.8 Å². The maximum Gasteiger partial charge on any atom is 0.194 e. The van der Waals surface area contributed by atoms with Crippen LogP contribution in [-0.2, 0) is 13.0 Å². The minimum atomic E-state index is -0.168. The molecule has 2 aromatic rings. The number of benzene rings is 1. The van der Waals surface area contributed by atoms with Crippen LogP contribution in [0.3, 0.4) is 0 Å². The average Bonchev–Trinajstić information content (AvgIpc) is 3.14. The SMILES string of the molecule is CCNC(=NCc1cc(CC)no1)N1CCN(c2ccccc2F)CC1. The molecule has 26 heavy (non-hydrogen) atoms. The highest BCUT2D eigenvalue weighted by Gasteiger charge is 2.21. The van der Waals surface area contributed by atoms with Gasteiger partial charge in [0.1, 0.15) is 12.4 Å². The Kier molecular flexibility index (Phi) is 6.09. The number of hydrogen-bond donors (Lipinski definition) is 1. The van der Waals surface area contributed by atoms with E-state index in [1.165, 1.54) is 6.07 Å². The average molecular weight is 359 g/mol. The molecule has 1 fully saturated rings. The van der Waals surface area contributed by atoms with Crippen LogP contribution in [0.25, 0.3) is 0 Å². The second kappa shape index (κ2) is 8.69. The monoisotopic (exact) mass is 359 g/mol. The predicted octanol–water partition coefficient (Wildman–Crippen LogP) is 2.66.